The summed E-state index contributed by atoms with van der Waals surface area (Å²) in [4.78, 5) is 9.88. The molecule has 0 aromatic rings. The van der Waals surface area contributed by atoms with Gasteiger partial charge >= 0.3 is 0 Å². The molecule has 48 valence electrons. The van der Waals surface area contributed by atoms with E-state index >= 15 is 0 Å². The zero-order valence-electron chi connectivity index (χ0n) is 5.45. The maximum Gasteiger partial charge on any atom is 0.144 e. The van der Waals surface area contributed by atoms with Crippen molar-refractivity contribution in [3.8, 4) is 0 Å². The van der Waals surface area contributed by atoms with Crippen molar-refractivity contribution in [3.05, 3.63) is 48.1 Å². The molecule has 10 heavy (non-hydrogen) atoms. The number of hydrogen-bond donors (Lipinski definition) is 0. The molecule has 0 saturated heterocycles. The Kier molecular flexibility index (Phi) is 2.36. The summed E-state index contributed by atoms with van der Waals surface area (Å²) in [6, 6.07) is 0. The van der Waals surface area contributed by atoms with Crippen molar-refractivity contribution in [3.63, 3.8) is 0 Å². The van der Waals surface area contributed by atoms with E-state index in [0.717, 1.165) is 11.9 Å². The second-order valence-electron chi connectivity index (χ2n) is 1.83. The molecule has 0 radical (unpaired) electrons. The summed E-state index contributed by atoms with van der Waals surface area (Å²) in [5, 5.41) is 0. The van der Waals surface area contributed by atoms with E-state index in [4.69, 9.17) is 0 Å². The summed E-state index contributed by atoms with van der Waals surface area (Å²) in [6.45, 7) is 0. The van der Waals surface area contributed by atoms with Crippen LogP contribution in [0.15, 0.2) is 42.0 Å². The molecule has 0 fully saturated rings. The van der Waals surface area contributed by atoms with Crippen LogP contribution >= 0.6 is 0 Å². The summed E-state index contributed by atoms with van der Waals surface area (Å²) in [5.41, 5.74) is 0.995. The Hall–Kier alpha value is -1.46. The molecule has 1 rings (SSSR count). The zero-order chi connectivity index (χ0) is 7.23. The van der Waals surface area contributed by atoms with Crippen LogP contribution in [0.4, 0.5) is 0 Å². The summed E-state index contributed by atoms with van der Waals surface area (Å²) >= 11 is 0. The fourth-order valence-electron chi connectivity index (χ4n) is 0.661. The quantitative estimate of drug-likeness (QED) is 0.316. The summed E-state index contributed by atoms with van der Waals surface area (Å²) in [5.74, 6) is 0. The first kappa shape index (κ1) is 6.66. The van der Waals surface area contributed by atoms with E-state index in [2.05, 4.69) is 6.08 Å². The average Bonchev–Trinajstić information content (AvgIpc) is 2.03. The molecule has 0 heterocycles. The highest BCUT2D eigenvalue weighted by molar-refractivity contribution is 5.66. The van der Waals surface area contributed by atoms with Crippen LogP contribution in [0, 0.1) is 6.08 Å². The van der Waals surface area contributed by atoms with E-state index in [0.29, 0.717) is 0 Å². The van der Waals surface area contributed by atoms with Crippen LogP contribution in [0.1, 0.15) is 0 Å². The van der Waals surface area contributed by atoms with Crippen molar-refractivity contribution >= 4 is 6.29 Å². The molecule has 0 bridgehead atoms. The number of aldehydes is 1. The normalized spacial score (nSPS) is 15.0. The van der Waals surface area contributed by atoms with E-state index in [9.17, 15) is 4.79 Å². The van der Waals surface area contributed by atoms with Gasteiger partial charge < -0.3 is 0 Å². The van der Waals surface area contributed by atoms with Crippen LogP contribution in [-0.2, 0) is 4.79 Å². The van der Waals surface area contributed by atoms with Crippen LogP contribution in [0.2, 0.25) is 0 Å². The van der Waals surface area contributed by atoms with Crippen LogP contribution in [0.25, 0.3) is 0 Å². The Bertz CT molecular complexity index is 229. The molecule has 0 spiro atoms. The van der Waals surface area contributed by atoms with Crippen molar-refractivity contribution < 1.29 is 4.79 Å². The molecule has 0 amide bonds. The van der Waals surface area contributed by atoms with Gasteiger partial charge in [-0.25, -0.2) is 0 Å². The lowest BCUT2D eigenvalue weighted by Gasteiger charge is -1.81. The van der Waals surface area contributed by atoms with Gasteiger partial charge in [-0.05, 0) is 6.08 Å². The fraction of sp³-hybridized carbons (Fsp3) is 0. The minimum Gasteiger partial charge on any atom is -0.299 e. The predicted molar refractivity (Wildman–Crippen MR) is 40.2 cm³/mol. The van der Waals surface area contributed by atoms with Gasteiger partial charge in [0.05, 0.1) is 11.6 Å². The van der Waals surface area contributed by atoms with Gasteiger partial charge in [0, 0.05) is 18.2 Å². The third-order valence-corrected chi connectivity index (χ3v) is 1.10. The second-order valence-corrected chi connectivity index (χ2v) is 1.83. The van der Waals surface area contributed by atoms with E-state index < -0.39 is 0 Å². The molecule has 0 aromatic carbocycles. The Labute approximate surface area is 60.1 Å². The van der Waals surface area contributed by atoms with Crippen molar-refractivity contribution in [1.82, 2.24) is 0 Å². The molecular formula is C9H7O+. The van der Waals surface area contributed by atoms with Crippen molar-refractivity contribution in [2.45, 2.75) is 0 Å². The molecule has 0 aromatic heterocycles. The van der Waals surface area contributed by atoms with Gasteiger partial charge in [-0.15, -0.1) is 0 Å². The topological polar surface area (TPSA) is 17.1 Å². The number of allylic oxidation sites excluding steroid dienone is 8. The third-order valence-electron chi connectivity index (χ3n) is 1.10. The Morgan fingerprint density at radius 2 is 2.40 bits per heavy atom. The van der Waals surface area contributed by atoms with E-state index in [1.54, 1.807) is 6.08 Å². The Balaban J connectivity index is 2.66. The maximum atomic E-state index is 9.88. The van der Waals surface area contributed by atoms with Gasteiger partial charge in [-0.3, -0.25) is 4.79 Å². The molecular weight excluding hydrogens is 124 g/mol. The van der Waals surface area contributed by atoms with Crippen LogP contribution < -0.4 is 0 Å². The Morgan fingerprint density at radius 3 is 3.00 bits per heavy atom. The van der Waals surface area contributed by atoms with Gasteiger partial charge in [-0.2, -0.15) is 0 Å². The van der Waals surface area contributed by atoms with E-state index in [1.165, 1.54) is 6.08 Å². The van der Waals surface area contributed by atoms with Gasteiger partial charge in [0.25, 0.3) is 0 Å². The maximum absolute atomic E-state index is 9.88. The number of carbonyl (C=O) groups is 1. The largest absolute Gasteiger partial charge is 0.299 e. The molecule has 1 heteroatoms. The minimum atomic E-state index is 0.757. The van der Waals surface area contributed by atoms with Crippen LogP contribution in [0.3, 0.4) is 0 Å². The second kappa shape index (κ2) is 3.54. The molecule has 0 atom stereocenters. The highest BCUT2D eigenvalue weighted by Gasteiger charge is 1.95. The van der Waals surface area contributed by atoms with Crippen molar-refractivity contribution in [2.24, 2.45) is 0 Å². The summed E-state index contributed by atoms with van der Waals surface area (Å²) < 4.78 is 0. The lowest BCUT2D eigenvalue weighted by Crippen LogP contribution is -1.74. The smallest absolute Gasteiger partial charge is 0.144 e. The Morgan fingerprint density at radius 1 is 1.50 bits per heavy atom. The van der Waals surface area contributed by atoms with E-state index in [1.807, 2.05) is 24.3 Å². The predicted octanol–water partition coefficient (Wildman–Crippen LogP) is 1.60. The molecule has 0 saturated carbocycles. The lowest BCUT2D eigenvalue weighted by atomic mass is 10.1. The first-order chi connectivity index (χ1) is 4.93. The number of hydrogen-bond acceptors (Lipinski definition) is 1. The molecule has 0 unspecified atom stereocenters. The lowest BCUT2D eigenvalue weighted by molar-refractivity contribution is -0.104. The standard InChI is InChI=1S/C9H7O/c10-8-4-7-9-5-2-1-3-6-9/h1-2,4-8H/q+1/b7-4+. The van der Waals surface area contributed by atoms with Gasteiger partial charge in [-0.1, -0.05) is 0 Å². The van der Waals surface area contributed by atoms with Crippen LogP contribution in [-0.4, -0.2) is 6.29 Å². The molecule has 1 aliphatic rings. The van der Waals surface area contributed by atoms with Crippen molar-refractivity contribution in [1.29, 1.82) is 0 Å². The third kappa shape index (κ3) is 1.81. The first-order valence-corrected chi connectivity index (χ1v) is 3.01. The fourth-order valence-corrected chi connectivity index (χ4v) is 0.661. The summed E-state index contributed by atoms with van der Waals surface area (Å²) in [6.07, 6.45) is 14.3. The molecule has 0 aliphatic heterocycles. The first-order valence-electron chi connectivity index (χ1n) is 3.01. The van der Waals surface area contributed by atoms with Gasteiger partial charge in [0.15, 0.2) is 0 Å². The van der Waals surface area contributed by atoms with Gasteiger partial charge in [0.1, 0.15) is 18.4 Å². The highest BCUT2D eigenvalue weighted by atomic mass is 16.1. The zero-order valence-corrected chi connectivity index (χ0v) is 5.45. The minimum absolute atomic E-state index is 0.757. The number of carbonyl (C=O) groups excluding carboxylic acids is 1. The van der Waals surface area contributed by atoms with Crippen molar-refractivity contribution in [2.75, 3.05) is 0 Å². The van der Waals surface area contributed by atoms with E-state index in [-0.39, 0.29) is 0 Å². The monoisotopic (exact) mass is 131 g/mol. The van der Waals surface area contributed by atoms with Crippen LogP contribution in [0.5, 0.6) is 0 Å². The number of rotatable bonds is 2. The SMILES string of the molecule is O=C/C=C/C1=CC=C[C+]=C1. The highest BCUT2D eigenvalue weighted by Crippen LogP contribution is 2.03. The molecule has 1 nitrogen and oxygen atoms in total. The average molecular weight is 131 g/mol. The van der Waals surface area contributed by atoms with Gasteiger partial charge in [0.2, 0.25) is 0 Å². The molecule has 1 aliphatic carbocycles. The summed E-state index contributed by atoms with van der Waals surface area (Å²) in [7, 11) is 0. The molecule has 0 N–H and O–H groups in total.